The Hall–Kier alpha value is -3.29. The standard InChI is InChI=1S/C32H36N4O3/c1-18-25-9-6-21(32(37)36-15-22-7-10-26(36)30(22)33)12-29(25)39-31(18)28-11-20-5-8-23(34-16-24(17-34)38-2)13-27(20)35(28)14-19-3-4-19/h5-6,8-9,11-13,19,22,24,26,30H,3-4,7,10,14-17,33H2,1-2H3/t22?,26?,30-/m1/s1. The molecular weight excluding hydrogens is 488 g/mol. The molecule has 2 bridgehead atoms. The number of hydrogen-bond acceptors (Lipinski definition) is 5. The summed E-state index contributed by atoms with van der Waals surface area (Å²) >= 11 is 0. The molecule has 4 aliphatic rings. The number of nitrogens with zero attached hydrogens (tertiary/aromatic N) is 3. The third-order valence-electron chi connectivity index (χ3n) is 9.90. The minimum Gasteiger partial charge on any atom is -0.454 e. The Balaban J connectivity index is 1.17. The summed E-state index contributed by atoms with van der Waals surface area (Å²) in [5, 5.41) is 2.30. The van der Waals surface area contributed by atoms with Crippen molar-refractivity contribution >= 4 is 33.5 Å². The lowest BCUT2D eigenvalue weighted by atomic mass is 10.1. The number of aromatic nitrogens is 1. The average Bonchev–Trinajstić information content (AvgIpc) is 3.33. The van der Waals surface area contributed by atoms with Crippen molar-refractivity contribution in [2.45, 2.75) is 57.3 Å². The molecule has 2 aromatic heterocycles. The topological polar surface area (TPSA) is 76.9 Å². The van der Waals surface area contributed by atoms with Crippen molar-refractivity contribution in [2.24, 2.45) is 17.6 Å². The SMILES string of the molecule is COC1CN(c2ccc3cc(-c4oc5cc(C(=O)N6CC7CCC6[C@@H]7N)ccc5c4C)n(CC4CC4)c3c2)C1. The molecular formula is C32H36N4O3. The number of amides is 1. The lowest BCUT2D eigenvalue weighted by molar-refractivity contribution is 0.0700. The molecule has 2 unspecified atom stereocenters. The van der Waals surface area contributed by atoms with Crippen molar-refractivity contribution in [3.05, 3.63) is 53.6 Å². The second-order valence-corrected chi connectivity index (χ2v) is 12.3. The first-order valence-electron chi connectivity index (χ1n) is 14.5. The van der Waals surface area contributed by atoms with Crippen LogP contribution in [0, 0.1) is 18.8 Å². The molecule has 0 radical (unpaired) electrons. The maximum Gasteiger partial charge on any atom is 0.254 e. The summed E-state index contributed by atoms with van der Waals surface area (Å²) in [4.78, 5) is 17.8. The van der Waals surface area contributed by atoms with Crippen LogP contribution < -0.4 is 10.6 Å². The monoisotopic (exact) mass is 524 g/mol. The van der Waals surface area contributed by atoms with Gasteiger partial charge < -0.3 is 29.3 Å². The van der Waals surface area contributed by atoms with Gasteiger partial charge in [0.2, 0.25) is 0 Å². The summed E-state index contributed by atoms with van der Waals surface area (Å²) < 4.78 is 14.5. The number of likely N-dealkylation sites (tertiary alicyclic amines) is 1. The van der Waals surface area contributed by atoms with E-state index in [4.69, 9.17) is 14.9 Å². The summed E-state index contributed by atoms with van der Waals surface area (Å²) in [6, 6.07) is 15.3. The van der Waals surface area contributed by atoms with E-state index in [1.165, 1.54) is 29.4 Å². The zero-order chi connectivity index (χ0) is 26.4. The number of carbonyl (C=O) groups excluding carboxylic acids is 1. The minimum atomic E-state index is 0.0761. The van der Waals surface area contributed by atoms with Crippen LogP contribution in [0.15, 0.2) is 46.9 Å². The number of nitrogens with two attached hydrogens (primary N) is 1. The van der Waals surface area contributed by atoms with E-state index in [0.717, 1.165) is 72.9 Å². The van der Waals surface area contributed by atoms with Crippen molar-refractivity contribution in [1.29, 1.82) is 0 Å². The highest BCUT2D eigenvalue weighted by Crippen LogP contribution is 2.41. The second-order valence-electron chi connectivity index (χ2n) is 12.3. The van der Waals surface area contributed by atoms with E-state index in [0.29, 0.717) is 17.6 Å². The number of piperidine rings is 1. The molecule has 4 fully saturated rings. The highest BCUT2D eigenvalue weighted by Gasteiger charge is 2.46. The van der Waals surface area contributed by atoms with E-state index in [9.17, 15) is 4.79 Å². The first kappa shape index (κ1) is 23.6. The van der Waals surface area contributed by atoms with Gasteiger partial charge in [0.15, 0.2) is 5.76 Å². The van der Waals surface area contributed by atoms with Crippen LogP contribution in [0.1, 0.15) is 41.6 Å². The van der Waals surface area contributed by atoms with Crippen LogP contribution in [0.5, 0.6) is 0 Å². The van der Waals surface area contributed by atoms with Crippen LogP contribution >= 0.6 is 0 Å². The largest absolute Gasteiger partial charge is 0.454 e. The van der Waals surface area contributed by atoms with E-state index < -0.39 is 0 Å². The van der Waals surface area contributed by atoms with Gasteiger partial charge in [-0.1, -0.05) is 12.1 Å². The summed E-state index contributed by atoms with van der Waals surface area (Å²) in [6.07, 6.45) is 5.04. The van der Waals surface area contributed by atoms with Crippen molar-refractivity contribution in [3.63, 3.8) is 0 Å². The third kappa shape index (κ3) is 3.66. The van der Waals surface area contributed by atoms with Crippen molar-refractivity contribution in [3.8, 4) is 11.5 Å². The number of furan rings is 1. The summed E-state index contributed by atoms with van der Waals surface area (Å²) in [7, 11) is 1.79. The Bertz CT molecular complexity index is 1610. The predicted molar refractivity (Wildman–Crippen MR) is 153 cm³/mol. The minimum absolute atomic E-state index is 0.0761. The lowest BCUT2D eigenvalue weighted by Crippen LogP contribution is -2.51. The molecule has 2 aromatic carbocycles. The number of anilines is 1. The van der Waals surface area contributed by atoms with Gasteiger partial charge >= 0.3 is 0 Å². The Morgan fingerprint density at radius 2 is 1.90 bits per heavy atom. The molecule has 7 nitrogen and oxygen atoms in total. The summed E-state index contributed by atoms with van der Waals surface area (Å²) in [5.41, 5.74) is 12.6. The van der Waals surface area contributed by atoms with Crippen LogP contribution in [0.3, 0.4) is 0 Å². The number of ether oxygens (including phenoxy) is 1. The van der Waals surface area contributed by atoms with Gasteiger partial charge in [-0.25, -0.2) is 0 Å². The van der Waals surface area contributed by atoms with E-state index in [-0.39, 0.29) is 18.0 Å². The number of methoxy groups -OCH3 is 1. The highest BCUT2D eigenvalue weighted by molar-refractivity contribution is 6.00. The molecule has 2 saturated carbocycles. The molecule has 202 valence electrons. The van der Waals surface area contributed by atoms with E-state index >= 15 is 0 Å². The molecule has 8 rings (SSSR count). The molecule has 1 amide bonds. The number of hydrogen-bond donors (Lipinski definition) is 1. The number of carbonyl (C=O) groups is 1. The number of aryl methyl sites for hydroxylation is 1. The Kier molecular flexibility index (Phi) is 5.20. The normalized spacial score (nSPS) is 24.8. The van der Waals surface area contributed by atoms with Gasteiger partial charge in [-0.15, -0.1) is 0 Å². The molecule has 7 heteroatoms. The molecule has 2 N–H and O–H groups in total. The van der Waals surface area contributed by atoms with E-state index in [1.54, 1.807) is 7.11 Å². The Morgan fingerprint density at radius 3 is 2.62 bits per heavy atom. The molecule has 0 spiro atoms. The molecule has 2 aliphatic heterocycles. The molecule has 39 heavy (non-hydrogen) atoms. The molecule has 2 aliphatic carbocycles. The average molecular weight is 525 g/mol. The second kappa shape index (κ2) is 8.60. The van der Waals surface area contributed by atoms with Gasteiger partial charge in [-0.05, 0) is 74.8 Å². The van der Waals surface area contributed by atoms with Crippen LogP contribution in [0.2, 0.25) is 0 Å². The van der Waals surface area contributed by atoms with Gasteiger partial charge in [0.25, 0.3) is 5.91 Å². The van der Waals surface area contributed by atoms with Crippen molar-refractivity contribution in [1.82, 2.24) is 9.47 Å². The zero-order valence-electron chi connectivity index (χ0n) is 22.7. The summed E-state index contributed by atoms with van der Waals surface area (Å²) in [6.45, 7) is 5.79. The van der Waals surface area contributed by atoms with Gasteiger partial charge in [-0.2, -0.15) is 0 Å². The molecule has 4 heterocycles. The first-order valence-corrected chi connectivity index (χ1v) is 14.5. The quantitative estimate of drug-likeness (QED) is 0.377. The maximum absolute atomic E-state index is 13.5. The fourth-order valence-electron chi connectivity index (χ4n) is 7.23. The number of rotatable bonds is 6. The van der Waals surface area contributed by atoms with Crippen LogP contribution in [-0.4, -0.2) is 60.3 Å². The Labute approximate surface area is 228 Å². The maximum atomic E-state index is 13.5. The number of benzene rings is 2. The zero-order valence-corrected chi connectivity index (χ0v) is 22.7. The Morgan fingerprint density at radius 1 is 1.05 bits per heavy atom. The summed E-state index contributed by atoms with van der Waals surface area (Å²) in [5.74, 6) is 2.14. The number of fused-ring (bicyclic) bond motifs is 4. The van der Waals surface area contributed by atoms with Crippen LogP contribution in [-0.2, 0) is 11.3 Å². The lowest BCUT2D eigenvalue weighted by Gasteiger charge is -2.40. The molecule has 3 atom stereocenters. The smallest absolute Gasteiger partial charge is 0.254 e. The van der Waals surface area contributed by atoms with Gasteiger partial charge in [-0.3, -0.25) is 4.79 Å². The van der Waals surface area contributed by atoms with Gasteiger partial charge in [0.05, 0.1) is 17.3 Å². The van der Waals surface area contributed by atoms with Crippen LogP contribution in [0.25, 0.3) is 33.3 Å². The predicted octanol–water partition coefficient (Wildman–Crippen LogP) is 5.17. The van der Waals surface area contributed by atoms with Gasteiger partial charge in [0.1, 0.15) is 5.58 Å². The third-order valence-corrected chi connectivity index (χ3v) is 9.90. The van der Waals surface area contributed by atoms with E-state index in [1.807, 2.05) is 17.0 Å². The molecule has 2 saturated heterocycles. The van der Waals surface area contributed by atoms with Gasteiger partial charge in [0, 0.05) is 73.0 Å². The fourth-order valence-corrected chi connectivity index (χ4v) is 7.23. The fraction of sp³-hybridized carbons (Fsp3) is 0.469. The first-order chi connectivity index (χ1) is 19.0. The molecule has 4 aromatic rings. The highest BCUT2D eigenvalue weighted by atomic mass is 16.5. The van der Waals surface area contributed by atoms with Crippen LogP contribution in [0.4, 0.5) is 5.69 Å². The van der Waals surface area contributed by atoms with Crippen molar-refractivity contribution < 1.29 is 13.9 Å². The van der Waals surface area contributed by atoms with Crippen molar-refractivity contribution in [2.75, 3.05) is 31.6 Å². The van der Waals surface area contributed by atoms with E-state index in [2.05, 4.69) is 46.7 Å².